The minimum Gasteiger partial charge on any atom is -0.493 e. The smallest absolute Gasteiger partial charge is 0.407 e. The number of alkyl carbamates (subject to hydrolysis) is 1. The third-order valence-corrected chi connectivity index (χ3v) is 5.28. The lowest BCUT2D eigenvalue weighted by molar-refractivity contribution is -0.139. The Bertz CT molecular complexity index is 693. The maximum Gasteiger partial charge on any atom is 0.407 e. The maximum absolute atomic E-state index is 12.0. The van der Waals surface area contributed by atoms with Gasteiger partial charge >= 0.3 is 12.1 Å². The molecule has 0 bridgehead atoms. The van der Waals surface area contributed by atoms with Gasteiger partial charge in [0.2, 0.25) is 0 Å². The largest absolute Gasteiger partial charge is 0.493 e. The number of carboxylic acids is 1. The zero-order valence-corrected chi connectivity index (χ0v) is 20.0. The summed E-state index contributed by atoms with van der Waals surface area (Å²) in [5.74, 6) is 0.466. The number of rotatable bonds is 16. The molecule has 2 N–H and O–H groups in total. The van der Waals surface area contributed by atoms with E-state index in [1.807, 2.05) is 25.1 Å². The average molecular weight is 454 g/mol. The van der Waals surface area contributed by atoms with Gasteiger partial charge in [0.05, 0.1) is 20.3 Å². The molecule has 0 fully saturated rings. The van der Waals surface area contributed by atoms with Crippen LogP contribution in [0.1, 0.15) is 52.0 Å². The molecule has 0 aliphatic rings. The summed E-state index contributed by atoms with van der Waals surface area (Å²) >= 11 is 0. The van der Waals surface area contributed by atoms with Crippen molar-refractivity contribution in [3.05, 3.63) is 23.8 Å². The van der Waals surface area contributed by atoms with Crippen molar-refractivity contribution in [3.8, 4) is 11.5 Å². The molecule has 1 amide bonds. The first-order chi connectivity index (χ1) is 15.3. The molecule has 8 heteroatoms. The van der Waals surface area contributed by atoms with Crippen LogP contribution in [0.5, 0.6) is 11.5 Å². The predicted molar refractivity (Wildman–Crippen MR) is 122 cm³/mol. The van der Waals surface area contributed by atoms with Gasteiger partial charge in [-0.3, -0.25) is 0 Å². The van der Waals surface area contributed by atoms with E-state index >= 15 is 0 Å². The first kappa shape index (κ1) is 27.6. The lowest BCUT2D eigenvalue weighted by Gasteiger charge is -2.25. The Morgan fingerprint density at radius 2 is 1.81 bits per heavy atom. The van der Waals surface area contributed by atoms with Crippen molar-refractivity contribution < 1.29 is 33.6 Å². The number of carboxylic acid groups (broad SMARTS) is 1. The number of unbranched alkanes of at least 4 members (excludes halogenated alkanes) is 1. The van der Waals surface area contributed by atoms with Crippen molar-refractivity contribution in [2.45, 2.75) is 58.9 Å². The van der Waals surface area contributed by atoms with Crippen LogP contribution in [0.2, 0.25) is 0 Å². The van der Waals surface area contributed by atoms with Crippen molar-refractivity contribution in [1.29, 1.82) is 0 Å². The van der Waals surface area contributed by atoms with Crippen molar-refractivity contribution >= 4 is 12.1 Å². The molecule has 182 valence electrons. The number of benzene rings is 1. The highest BCUT2D eigenvalue weighted by molar-refractivity contribution is 5.79. The summed E-state index contributed by atoms with van der Waals surface area (Å²) in [6.45, 7) is 7.49. The van der Waals surface area contributed by atoms with Crippen LogP contribution >= 0.6 is 0 Å². The Labute approximate surface area is 191 Å². The van der Waals surface area contributed by atoms with E-state index in [0.29, 0.717) is 37.6 Å². The Hall–Kier alpha value is -2.48. The fourth-order valence-corrected chi connectivity index (χ4v) is 3.26. The van der Waals surface area contributed by atoms with Crippen LogP contribution in [-0.4, -0.2) is 57.3 Å². The molecular weight excluding hydrogens is 414 g/mol. The molecule has 8 nitrogen and oxygen atoms in total. The molecule has 1 aromatic carbocycles. The van der Waals surface area contributed by atoms with Gasteiger partial charge in [-0.25, -0.2) is 9.59 Å². The third-order valence-electron chi connectivity index (χ3n) is 5.28. The van der Waals surface area contributed by atoms with E-state index in [1.165, 1.54) is 0 Å². The molecule has 1 rings (SSSR count). The van der Waals surface area contributed by atoms with Gasteiger partial charge in [-0.15, -0.1) is 0 Å². The van der Waals surface area contributed by atoms with Gasteiger partial charge in [0.1, 0.15) is 6.04 Å². The molecule has 0 saturated carbocycles. The lowest BCUT2D eigenvalue weighted by Crippen LogP contribution is -2.43. The zero-order chi connectivity index (χ0) is 23.9. The monoisotopic (exact) mass is 453 g/mol. The average Bonchev–Trinajstić information content (AvgIpc) is 2.75. The van der Waals surface area contributed by atoms with E-state index in [2.05, 4.69) is 19.2 Å². The van der Waals surface area contributed by atoms with Crippen LogP contribution in [0.15, 0.2) is 18.2 Å². The molecule has 0 aliphatic carbocycles. The van der Waals surface area contributed by atoms with Crippen molar-refractivity contribution in [2.75, 3.05) is 34.0 Å². The number of nitrogens with one attached hydrogen (secondary N) is 1. The van der Waals surface area contributed by atoms with Gasteiger partial charge in [-0.05, 0) is 48.8 Å². The van der Waals surface area contributed by atoms with E-state index in [9.17, 15) is 14.7 Å². The van der Waals surface area contributed by atoms with Crippen LogP contribution in [0.3, 0.4) is 0 Å². The Morgan fingerprint density at radius 1 is 1.06 bits per heavy atom. The summed E-state index contributed by atoms with van der Waals surface area (Å²) in [5, 5.41) is 12.1. The van der Waals surface area contributed by atoms with Crippen molar-refractivity contribution in [2.24, 2.45) is 11.8 Å². The number of aliphatic carboxylic acids is 1. The number of carbonyl (C=O) groups excluding carboxylic acids is 1. The summed E-state index contributed by atoms with van der Waals surface area (Å²) < 4.78 is 21.4. The standard InChI is InChI=1S/C24H39NO7/c1-6-7-12-32-24(28)25-20(23(26)27)16-19(17(2)3)14-18-9-10-21(30-5)22(15-18)31-13-8-11-29-4/h9-10,15,17,19-20H,6-8,11-14,16H2,1-5H3,(H,25,28)(H,26,27). The Kier molecular flexibility index (Phi) is 13.2. The van der Waals surface area contributed by atoms with E-state index < -0.39 is 18.1 Å². The molecule has 0 spiro atoms. The fourth-order valence-electron chi connectivity index (χ4n) is 3.26. The number of ether oxygens (including phenoxy) is 4. The molecule has 0 radical (unpaired) electrons. The number of amides is 1. The van der Waals surface area contributed by atoms with E-state index in [-0.39, 0.29) is 18.4 Å². The SMILES string of the molecule is CCCCOC(=O)NC(CC(Cc1ccc(OC)c(OCCCOC)c1)C(C)C)C(=O)O. The summed E-state index contributed by atoms with van der Waals surface area (Å²) in [6.07, 6.45) is 2.65. The first-order valence-electron chi connectivity index (χ1n) is 11.3. The third kappa shape index (κ3) is 10.2. The van der Waals surface area contributed by atoms with Crippen molar-refractivity contribution in [3.63, 3.8) is 0 Å². The maximum atomic E-state index is 12.0. The molecule has 2 atom stereocenters. The minimum atomic E-state index is -1.07. The van der Waals surface area contributed by atoms with Crippen LogP contribution in [0.4, 0.5) is 4.79 Å². The lowest BCUT2D eigenvalue weighted by atomic mass is 9.84. The molecular formula is C24H39NO7. The minimum absolute atomic E-state index is 0.0294. The van der Waals surface area contributed by atoms with Gasteiger partial charge in [0.25, 0.3) is 0 Å². The van der Waals surface area contributed by atoms with E-state index in [1.54, 1.807) is 14.2 Å². The van der Waals surface area contributed by atoms with Gasteiger partial charge in [0.15, 0.2) is 11.5 Å². The zero-order valence-electron chi connectivity index (χ0n) is 20.0. The second kappa shape index (κ2) is 15.3. The summed E-state index contributed by atoms with van der Waals surface area (Å²) in [7, 11) is 3.24. The molecule has 1 aromatic rings. The molecule has 2 unspecified atom stereocenters. The molecule has 0 saturated heterocycles. The summed E-state index contributed by atoms with van der Waals surface area (Å²) in [6, 6.07) is 4.73. The molecule has 0 aromatic heterocycles. The fraction of sp³-hybridized carbons (Fsp3) is 0.667. The highest BCUT2D eigenvalue weighted by Crippen LogP contribution is 2.31. The summed E-state index contributed by atoms with van der Waals surface area (Å²) in [4.78, 5) is 23.7. The van der Waals surface area contributed by atoms with Crippen LogP contribution in [-0.2, 0) is 20.7 Å². The Balaban J connectivity index is 2.85. The topological polar surface area (TPSA) is 103 Å². The van der Waals surface area contributed by atoms with Gasteiger partial charge in [0, 0.05) is 20.1 Å². The van der Waals surface area contributed by atoms with E-state index in [4.69, 9.17) is 18.9 Å². The number of methoxy groups -OCH3 is 2. The quantitative estimate of drug-likeness (QED) is 0.360. The van der Waals surface area contributed by atoms with Gasteiger partial charge < -0.3 is 29.4 Å². The normalized spacial score (nSPS) is 12.8. The number of carbonyl (C=O) groups is 2. The molecule has 32 heavy (non-hydrogen) atoms. The first-order valence-corrected chi connectivity index (χ1v) is 11.3. The molecule has 0 heterocycles. The molecule has 0 aliphatic heterocycles. The van der Waals surface area contributed by atoms with Crippen molar-refractivity contribution in [1.82, 2.24) is 5.32 Å². The van der Waals surface area contributed by atoms with Crippen LogP contribution < -0.4 is 14.8 Å². The predicted octanol–water partition coefficient (Wildman–Crippen LogP) is 4.29. The Morgan fingerprint density at radius 3 is 2.41 bits per heavy atom. The highest BCUT2D eigenvalue weighted by atomic mass is 16.5. The summed E-state index contributed by atoms with van der Waals surface area (Å²) in [5.41, 5.74) is 1.01. The highest BCUT2D eigenvalue weighted by Gasteiger charge is 2.27. The van der Waals surface area contributed by atoms with Crippen LogP contribution in [0.25, 0.3) is 0 Å². The van der Waals surface area contributed by atoms with E-state index in [0.717, 1.165) is 24.8 Å². The van der Waals surface area contributed by atoms with Crippen LogP contribution in [0, 0.1) is 11.8 Å². The number of hydrogen-bond donors (Lipinski definition) is 2. The van der Waals surface area contributed by atoms with Gasteiger partial charge in [-0.1, -0.05) is 33.3 Å². The van der Waals surface area contributed by atoms with Gasteiger partial charge in [-0.2, -0.15) is 0 Å². The second-order valence-corrected chi connectivity index (χ2v) is 8.15. The number of hydrogen-bond acceptors (Lipinski definition) is 6. The second-order valence-electron chi connectivity index (χ2n) is 8.15.